The molecule has 0 bridgehead atoms. The zero-order valence-corrected chi connectivity index (χ0v) is 18.9. The van der Waals surface area contributed by atoms with Crippen LogP contribution < -0.4 is 23.7 Å². The highest BCUT2D eigenvalue weighted by molar-refractivity contribution is 5.66. The molecule has 0 saturated heterocycles. The number of esters is 1. The highest BCUT2D eigenvalue weighted by atomic mass is 16.6. The van der Waals surface area contributed by atoms with Gasteiger partial charge in [0.1, 0.15) is 6.10 Å². The second-order valence-corrected chi connectivity index (χ2v) is 6.75. The Balaban J connectivity index is 2.48. The van der Waals surface area contributed by atoms with Gasteiger partial charge >= 0.3 is 5.97 Å². The summed E-state index contributed by atoms with van der Waals surface area (Å²) in [6.07, 6.45) is 1.09. The van der Waals surface area contributed by atoms with Gasteiger partial charge in [0, 0.05) is 18.1 Å². The molecule has 2 atom stereocenters. The maximum atomic E-state index is 11.9. The van der Waals surface area contributed by atoms with Crippen molar-refractivity contribution in [3.05, 3.63) is 54.1 Å². The molecule has 0 unspecified atom stereocenters. The fraction of sp³-hybridized carbons (Fsp3) is 0.375. The minimum absolute atomic E-state index is 0.425. The van der Waals surface area contributed by atoms with Crippen molar-refractivity contribution in [3.63, 3.8) is 0 Å². The lowest BCUT2D eigenvalue weighted by atomic mass is 10.0. The Labute approximate surface area is 183 Å². The third-order valence-corrected chi connectivity index (χ3v) is 4.71. The van der Waals surface area contributed by atoms with E-state index in [1.807, 2.05) is 13.0 Å². The summed E-state index contributed by atoms with van der Waals surface area (Å²) in [4.78, 5) is 11.9. The molecule has 0 heterocycles. The van der Waals surface area contributed by atoms with Crippen molar-refractivity contribution in [1.82, 2.24) is 0 Å². The Kier molecular flexibility index (Phi) is 8.61. The van der Waals surface area contributed by atoms with Crippen LogP contribution in [0.3, 0.4) is 0 Å². The van der Waals surface area contributed by atoms with Crippen molar-refractivity contribution in [2.75, 3.05) is 28.4 Å². The lowest BCUT2D eigenvalue weighted by Crippen LogP contribution is -2.26. The summed E-state index contributed by atoms with van der Waals surface area (Å²) in [5.41, 5.74) is 1.59. The van der Waals surface area contributed by atoms with Crippen molar-refractivity contribution >= 4 is 5.97 Å². The monoisotopic (exact) mass is 430 g/mol. The van der Waals surface area contributed by atoms with E-state index in [4.69, 9.17) is 28.4 Å². The molecule has 31 heavy (non-hydrogen) atoms. The first-order valence-electron chi connectivity index (χ1n) is 9.80. The summed E-state index contributed by atoms with van der Waals surface area (Å²) >= 11 is 0. The van der Waals surface area contributed by atoms with Crippen LogP contribution in [0.4, 0.5) is 0 Å². The van der Waals surface area contributed by atoms with Gasteiger partial charge in [-0.15, -0.1) is 6.58 Å². The van der Waals surface area contributed by atoms with Crippen LogP contribution in [0.2, 0.25) is 0 Å². The number of ether oxygens (including phenoxy) is 6. The predicted molar refractivity (Wildman–Crippen MR) is 118 cm³/mol. The van der Waals surface area contributed by atoms with Crippen LogP contribution in [-0.2, 0) is 16.0 Å². The minimum Gasteiger partial charge on any atom is -0.493 e. The van der Waals surface area contributed by atoms with Crippen LogP contribution in [0, 0.1) is 0 Å². The van der Waals surface area contributed by atoms with E-state index in [1.54, 1.807) is 58.8 Å². The van der Waals surface area contributed by atoms with Crippen molar-refractivity contribution < 1.29 is 33.2 Å². The van der Waals surface area contributed by atoms with Gasteiger partial charge in [0.05, 0.1) is 28.4 Å². The topological polar surface area (TPSA) is 72.5 Å². The van der Waals surface area contributed by atoms with Crippen LogP contribution in [0.5, 0.6) is 28.7 Å². The SMILES string of the molecule is C=CCc1ccc(OC)c(O[C@H](C)[C@H](OC(C)=O)c2ccc(OC)c(OC)c2)c1OC. The lowest BCUT2D eigenvalue weighted by molar-refractivity contribution is -0.151. The fourth-order valence-corrected chi connectivity index (χ4v) is 3.29. The molecule has 2 rings (SSSR count). The van der Waals surface area contributed by atoms with Gasteiger partial charge in [-0.2, -0.15) is 0 Å². The number of rotatable bonds is 11. The van der Waals surface area contributed by atoms with E-state index < -0.39 is 18.2 Å². The molecule has 2 aromatic carbocycles. The number of allylic oxidation sites excluding steroid dienone is 1. The van der Waals surface area contributed by atoms with Gasteiger partial charge in [-0.05, 0) is 31.5 Å². The molecule has 0 spiro atoms. The zero-order valence-electron chi connectivity index (χ0n) is 18.9. The molecule has 0 saturated carbocycles. The minimum atomic E-state index is -0.713. The Morgan fingerprint density at radius 3 is 2.13 bits per heavy atom. The molecule has 0 radical (unpaired) electrons. The summed E-state index contributed by atoms with van der Waals surface area (Å²) in [7, 11) is 6.22. The normalized spacial score (nSPS) is 12.3. The number of hydrogen-bond donors (Lipinski definition) is 0. The fourth-order valence-electron chi connectivity index (χ4n) is 3.29. The Morgan fingerprint density at radius 2 is 1.58 bits per heavy atom. The van der Waals surface area contributed by atoms with Gasteiger partial charge in [-0.25, -0.2) is 0 Å². The molecule has 7 heteroatoms. The van der Waals surface area contributed by atoms with E-state index in [0.717, 1.165) is 5.56 Å². The number of methoxy groups -OCH3 is 4. The van der Waals surface area contributed by atoms with E-state index in [-0.39, 0.29) is 0 Å². The second kappa shape index (κ2) is 11.2. The maximum absolute atomic E-state index is 11.9. The van der Waals surface area contributed by atoms with Gasteiger partial charge in [0.25, 0.3) is 0 Å². The largest absolute Gasteiger partial charge is 0.493 e. The second-order valence-electron chi connectivity index (χ2n) is 6.75. The zero-order chi connectivity index (χ0) is 23.0. The summed E-state index contributed by atoms with van der Waals surface area (Å²) in [5, 5.41) is 0. The number of carbonyl (C=O) groups is 1. The van der Waals surface area contributed by atoms with Crippen LogP contribution >= 0.6 is 0 Å². The van der Waals surface area contributed by atoms with Crippen LogP contribution in [0.15, 0.2) is 43.0 Å². The summed E-state index contributed by atoms with van der Waals surface area (Å²) in [5.74, 6) is 2.13. The smallest absolute Gasteiger partial charge is 0.303 e. The number of carbonyl (C=O) groups excluding carboxylic acids is 1. The third-order valence-electron chi connectivity index (χ3n) is 4.71. The highest BCUT2D eigenvalue weighted by Gasteiger charge is 2.28. The summed E-state index contributed by atoms with van der Waals surface area (Å²) in [6.45, 7) is 6.95. The molecule has 0 aliphatic rings. The van der Waals surface area contributed by atoms with Gasteiger partial charge < -0.3 is 28.4 Å². The lowest BCUT2D eigenvalue weighted by Gasteiger charge is -2.27. The number of hydrogen-bond acceptors (Lipinski definition) is 7. The van der Waals surface area contributed by atoms with Gasteiger partial charge in [0.2, 0.25) is 5.75 Å². The van der Waals surface area contributed by atoms with E-state index in [9.17, 15) is 4.79 Å². The molecular formula is C24H30O7. The molecule has 0 aromatic heterocycles. The Bertz CT molecular complexity index is 907. The van der Waals surface area contributed by atoms with Gasteiger partial charge in [0.15, 0.2) is 29.1 Å². The summed E-state index contributed by atoms with van der Waals surface area (Å²) < 4.78 is 33.6. The van der Waals surface area contributed by atoms with Crippen LogP contribution in [0.1, 0.15) is 31.1 Å². The number of benzene rings is 2. The molecular weight excluding hydrogens is 400 g/mol. The van der Waals surface area contributed by atoms with Crippen LogP contribution in [0.25, 0.3) is 0 Å². The van der Waals surface area contributed by atoms with Crippen molar-refractivity contribution in [2.24, 2.45) is 0 Å². The molecule has 0 fully saturated rings. The molecule has 7 nitrogen and oxygen atoms in total. The predicted octanol–water partition coefficient (Wildman–Crippen LogP) is 4.52. The summed E-state index contributed by atoms with van der Waals surface area (Å²) in [6, 6.07) is 9.02. The highest BCUT2D eigenvalue weighted by Crippen LogP contribution is 2.42. The average Bonchev–Trinajstić information content (AvgIpc) is 2.77. The van der Waals surface area contributed by atoms with E-state index >= 15 is 0 Å². The molecule has 0 aliphatic carbocycles. The first kappa shape index (κ1) is 23.9. The first-order chi connectivity index (χ1) is 14.9. The Hall–Kier alpha value is -3.35. The Morgan fingerprint density at radius 1 is 0.935 bits per heavy atom. The average molecular weight is 430 g/mol. The van der Waals surface area contributed by atoms with E-state index in [0.29, 0.717) is 40.7 Å². The van der Waals surface area contributed by atoms with Crippen LogP contribution in [-0.4, -0.2) is 40.5 Å². The van der Waals surface area contributed by atoms with E-state index in [2.05, 4.69) is 6.58 Å². The standard InChI is InChI=1S/C24H30O7/c1-8-9-17-10-13-20(27-5)24(23(17)29-7)30-15(2)22(31-16(3)25)18-11-12-19(26-4)21(14-18)28-6/h8,10-15,22H,1,9H2,2-7H3/t15-,22+/m1/s1. The van der Waals surface area contributed by atoms with E-state index in [1.165, 1.54) is 6.92 Å². The third kappa shape index (κ3) is 5.63. The maximum Gasteiger partial charge on any atom is 0.303 e. The molecule has 0 aliphatic heterocycles. The van der Waals surface area contributed by atoms with Gasteiger partial charge in [-0.1, -0.05) is 18.2 Å². The van der Waals surface area contributed by atoms with Crippen molar-refractivity contribution in [3.8, 4) is 28.7 Å². The molecule has 2 aromatic rings. The molecule has 0 amide bonds. The molecule has 0 N–H and O–H groups in total. The first-order valence-corrected chi connectivity index (χ1v) is 9.80. The quantitative estimate of drug-likeness (QED) is 0.383. The van der Waals surface area contributed by atoms with Gasteiger partial charge in [-0.3, -0.25) is 4.79 Å². The van der Waals surface area contributed by atoms with Crippen molar-refractivity contribution in [1.29, 1.82) is 0 Å². The molecule has 168 valence electrons. The van der Waals surface area contributed by atoms with Crippen molar-refractivity contribution in [2.45, 2.75) is 32.5 Å².